The van der Waals surface area contributed by atoms with Crippen LogP contribution in [-0.4, -0.2) is 69.9 Å². The molecule has 0 radical (unpaired) electrons. The fourth-order valence-corrected chi connectivity index (χ4v) is 4.25. The molecule has 1 aliphatic heterocycles. The lowest BCUT2D eigenvalue weighted by atomic mass is 10.1. The van der Waals surface area contributed by atoms with Crippen LogP contribution in [0.3, 0.4) is 0 Å². The van der Waals surface area contributed by atoms with Gasteiger partial charge in [-0.15, -0.1) is 0 Å². The maximum atomic E-state index is 13.0. The van der Waals surface area contributed by atoms with E-state index in [1.54, 1.807) is 0 Å². The molecular formula is C20H29F3N2O6S. The Balaban J connectivity index is 2.12. The summed E-state index contributed by atoms with van der Waals surface area (Å²) in [6, 6.07) is 2.67. The molecule has 1 aliphatic rings. The van der Waals surface area contributed by atoms with Gasteiger partial charge in [0.15, 0.2) is 5.75 Å². The minimum atomic E-state index is -4.14. The van der Waals surface area contributed by atoms with Gasteiger partial charge in [0.1, 0.15) is 16.6 Å². The van der Waals surface area contributed by atoms with Crippen LogP contribution in [0.1, 0.15) is 48.9 Å². The smallest absolute Gasteiger partial charge is 0.389 e. The third-order valence-corrected chi connectivity index (χ3v) is 6.81. The predicted molar refractivity (Wildman–Crippen MR) is 112 cm³/mol. The maximum Gasteiger partial charge on any atom is 0.389 e. The molecule has 12 heteroatoms. The van der Waals surface area contributed by atoms with E-state index in [0.717, 1.165) is 4.31 Å². The Labute approximate surface area is 185 Å². The zero-order valence-electron chi connectivity index (χ0n) is 18.1. The van der Waals surface area contributed by atoms with Crippen molar-refractivity contribution in [1.82, 2.24) is 4.31 Å². The average molecular weight is 483 g/mol. The normalized spacial score (nSPS) is 14.9. The number of halogens is 3. The van der Waals surface area contributed by atoms with E-state index >= 15 is 0 Å². The lowest BCUT2D eigenvalue weighted by Gasteiger charge is -2.29. The van der Waals surface area contributed by atoms with Crippen molar-refractivity contribution >= 4 is 21.7 Å². The fraction of sp³-hybridized carbons (Fsp3) is 0.650. The van der Waals surface area contributed by atoms with Crippen molar-refractivity contribution in [2.24, 2.45) is 0 Å². The van der Waals surface area contributed by atoms with Gasteiger partial charge in [0.25, 0.3) is 0 Å². The second-order valence-corrected chi connectivity index (χ2v) is 9.84. The summed E-state index contributed by atoms with van der Waals surface area (Å²) in [5.74, 6) is -1.56. The molecule has 0 spiro atoms. The molecule has 0 saturated carbocycles. The van der Waals surface area contributed by atoms with E-state index in [-0.39, 0.29) is 41.5 Å². The Morgan fingerprint density at radius 1 is 1.19 bits per heavy atom. The van der Waals surface area contributed by atoms with Gasteiger partial charge in [-0.1, -0.05) is 19.3 Å². The Kier molecular flexibility index (Phi) is 9.17. The molecule has 0 aromatic heterocycles. The summed E-state index contributed by atoms with van der Waals surface area (Å²) in [5, 5.41) is 12.6. The minimum absolute atomic E-state index is 0.0877. The quantitative estimate of drug-likeness (QED) is 0.413. The predicted octanol–water partition coefficient (Wildman–Crippen LogP) is 3.73. The second kappa shape index (κ2) is 11.2. The molecule has 8 nitrogen and oxygen atoms in total. The van der Waals surface area contributed by atoms with Gasteiger partial charge < -0.3 is 19.9 Å². The van der Waals surface area contributed by atoms with Crippen LogP contribution in [0.4, 0.5) is 18.9 Å². The molecule has 1 fully saturated rings. The van der Waals surface area contributed by atoms with Crippen LogP contribution >= 0.6 is 0 Å². The highest BCUT2D eigenvalue weighted by Crippen LogP contribution is 2.38. The van der Waals surface area contributed by atoms with E-state index in [1.165, 1.54) is 26.2 Å². The summed E-state index contributed by atoms with van der Waals surface area (Å²) < 4.78 is 74.2. The molecule has 1 saturated heterocycles. The molecule has 182 valence electrons. The third kappa shape index (κ3) is 7.24. The Morgan fingerprint density at radius 2 is 1.81 bits per heavy atom. The van der Waals surface area contributed by atoms with Crippen LogP contribution in [-0.2, 0) is 14.8 Å². The van der Waals surface area contributed by atoms with Gasteiger partial charge in [0.2, 0.25) is 10.0 Å². The number of alkyl halides is 3. The zero-order chi connectivity index (χ0) is 23.9. The molecule has 2 rings (SSSR count). The minimum Gasteiger partial charge on any atom is -0.483 e. The van der Waals surface area contributed by atoms with Gasteiger partial charge in [0.05, 0.1) is 18.9 Å². The number of anilines is 1. The van der Waals surface area contributed by atoms with Crippen LogP contribution in [0.2, 0.25) is 0 Å². The number of hydrogen-bond acceptors (Lipinski definition) is 6. The van der Waals surface area contributed by atoms with Crippen LogP contribution in [0, 0.1) is 0 Å². The summed E-state index contributed by atoms with van der Waals surface area (Å²) >= 11 is 0. The fourth-order valence-electron chi connectivity index (χ4n) is 3.08. The molecule has 2 N–H and O–H groups in total. The number of aromatic carboxylic acids is 1. The molecule has 0 bridgehead atoms. The van der Waals surface area contributed by atoms with Crippen molar-refractivity contribution in [2.45, 2.75) is 55.7 Å². The highest BCUT2D eigenvalue weighted by Gasteiger charge is 2.33. The summed E-state index contributed by atoms with van der Waals surface area (Å²) in [5.41, 5.74) is -0.0662. The highest BCUT2D eigenvalue weighted by molar-refractivity contribution is 7.89. The van der Waals surface area contributed by atoms with Crippen molar-refractivity contribution in [2.75, 3.05) is 39.2 Å². The van der Waals surface area contributed by atoms with E-state index in [0.29, 0.717) is 32.2 Å². The molecule has 0 aliphatic carbocycles. The molecule has 0 unspecified atom stereocenters. The van der Waals surface area contributed by atoms with Gasteiger partial charge in [0, 0.05) is 27.1 Å². The molecule has 32 heavy (non-hydrogen) atoms. The number of benzene rings is 1. The number of hydrogen-bond donors (Lipinski definition) is 2. The van der Waals surface area contributed by atoms with Crippen LogP contribution in [0.15, 0.2) is 17.0 Å². The van der Waals surface area contributed by atoms with Gasteiger partial charge in [-0.3, -0.25) is 0 Å². The molecule has 0 amide bonds. The third-order valence-electron chi connectivity index (χ3n) is 4.93. The topological polar surface area (TPSA) is 105 Å². The number of sulfonamides is 1. The lowest BCUT2D eigenvalue weighted by Crippen LogP contribution is -2.39. The van der Waals surface area contributed by atoms with Gasteiger partial charge >= 0.3 is 12.1 Å². The molecule has 0 atom stereocenters. The molecular weight excluding hydrogens is 453 g/mol. The number of carbonyl (C=O) groups is 1. The van der Waals surface area contributed by atoms with E-state index in [4.69, 9.17) is 9.47 Å². The number of ether oxygens (including phenoxy) is 2. The van der Waals surface area contributed by atoms with Crippen LogP contribution < -0.4 is 10.1 Å². The van der Waals surface area contributed by atoms with Crippen LogP contribution in [0.5, 0.6) is 5.75 Å². The number of carboxylic acid groups (broad SMARTS) is 1. The molecule has 1 aromatic rings. The zero-order valence-corrected chi connectivity index (χ0v) is 18.9. The summed E-state index contributed by atoms with van der Waals surface area (Å²) in [7, 11) is -1.38. The van der Waals surface area contributed by atoms with Gasteiger partial charge in [-0.2, -0.15) is 13.2 Å². The molecule has 1 aromatic carbocycles. The Morgan fingerprint density at radius 3 is 2.34 bits per heavy atom. The first-order valence-corrected chi connectivity index (χ1v) is 11.8. The lowest BCUT2D eigenvalue weighted by molar-refractivity contribution is -0.135. The maximum absolute atomic E-state index is 13.0. The number of rotatable bonds is 13. The van der Waals surface area contributed by atoms with E-state index < -0.39 is 34.7 Å². The largest absolute Gasteiger partial charge is 0.483 e. The number of nitrogens with zero attached hydrogens (tertiary/aromatic N) is 1. The first-order valence-electron chi connectivity index (χ1n) is 10.3. The summed E-state index contributed by atoms with van der Waals surface area (Å²) in [6.07, 6.45) is -2.90. The highest BCUT2D eigenvalue weighted by atomic mass is 32.2. The van der Waals surface area contributed by atoms with Crippen LogP contribution in [0.25, 0.3) is 0 Å². The van der Waals surface area contributed by atoms with E-state index in [1.807, 2.05) is 0 Å². The van der Waals surface area contributed by atoms with Gasteiger partial charge in [-0.25, -0.2) is 17.5 Å². The summed E-state index contributed by atoms with van der Waals surface area (Å²) in [6.45, 7) is 0.826. The molecule has 1 heterocycles. The standard InChI is InChI=1S/C20H29F3N2O6S/c1-25(2)32(28,29)18-16(24-11-7-5-3-4-6-10-20(21,22)23)9-8-15(19(26)27)17(18)31-14-12-30-13-14/h8-9,14,24H,3-7,10-13H2,1-2H3,(H,26,27). The van der Waals surface area contributed by atoms with Crippen molar-refractivity contribution in [3.63, 3.8) is 0 Å². The SMILES string of the molecule is CN(C)S(=O)(=O)c1c(NCCCCCCCC(F)(F)F)ccc(C(=O)O)c1OC1COC1. The van der Waals surface area contributed by atoms with Gasteiger partial charge in [-0.05, 0) is 25.0 Å². The first kappa shape index (κ1) is 26.2. The number of carboxylic acids is 1. The van der Waals surface area contributed by atoms with Crippen molar-refractivity contribution in [3.8, 4) is 5.75 Å². The average Bonchev–Trinajstić information content (AvgIpc) is 2.65. The van der Waals surface area contributed by atoms with Crippen molar-refractivity contribution in [3.05, 3.63) is 17.7 Å². The van der Waals surface area contributed by atoms with Crippen molar-refractivity contribution < 1.29 is 41.0 Å². The first-order chi connectivity index (χ1) is 14.9. The van der Waals surface area contributed by atoms with E-state index in [9.17, 15) is 31.5 Å². The monoisotopic (exact) mass is 482 g/mol. The summed E-state index contributed by atoms with van der Waals surface area (Å²) in [4.78, 5) is 11.4. The second-order valence-electron chi connectivity index (χ2n) is 7.75. The Bertz CT molecular complexity index is 886. The Hall–Kier alpha value is -2.05. The number of nitrogens with one attached hydrogen (secondary N) is 1. The number of unbranched alkanes of at least 4 members (excludes halogenated alkanes) is 4. The van der Waals surface area contributed by atoms with E-state index in [2.05, 4.69) is 5.32 Å². The van der Waals surface area contributed by atoms with Crippen molar-refractivity contribution in [1.29, 1.82) is 0 Å².